The van der Waals surface area contributed by atoms with Crippen molar-refractivity contribution in [3.63, 3.8) is 0 Å². The number of thiol groups is 1. The highest BCUT2D eigenvalue weighted by Gasteiger charge is 2.34. The second-order valence-electron chi connectivity index (χ2n) is 9.09. The van der Waals surface area contributed by atoms with Crippen molar-refractivity contribution >= 4 is 23.8 Å². The Hall–Kier alpha value is -3.27. The minimum absolute atomic E-state index is 0.0779. The molecule has 0 bridgehead atoms. The van der Waals surface area contributed by atoms with E-state index in [-0.39, 0.29) is 29.4 Å². The van der Waals surface area contributed by atoms with Gasteiger partial charge in [-0.15, -0.1) is 0 Å². The molecule has 4 rings (SSSR count). The zero-order valence-electron chi connectivity index (χ0n) is 21.1. The van der Waals surface area contributed by atoms with Gasteiger partial charge in [0, 0.05) is 17.5 Å². The second-order valence-corrected chi connectivity index (χ2v) is 9.41. The summed E-state index contributed by atoms with van der Waals surface area (Å²) < 4.78 is 53.5. The normalized spacial score (nSPS) is 14.6. The minimum atomic E-state index is -4.56. The molecule has 0 radical (unpaired) electrons. The van der Waals surface area contributed by atoms with Gasteiger partial charge in [0.15, 0.2) is 5.65 Å². The van der Waals surface area contributed by atoms with Gasteiger partial charge in [-0.1, -0.05) is 38.5 Å². The lowest BCUT2D eigenvalue weighted by atomic mass is 9.84. The summed E-state index contributed by atoms with van der Waals surface area (Å²) >= 11 is 4.23. The fraction of sp³-hybridized carbons (Fsp3) is 0.357. The largest absolute Gasteiger partial charge is 0.418 e. The molecule has 0 unspecified atom stereocenters. The molecule has 1 aliphatic rings. The van der Waals surface area contributed by atoms with E-state index in [4.69, 9.17) is 0 Å². The van der Waals surface area contributed by atoms with Crippen molar-refractivity contribution in [1.29, 1.82) is 0 Å². The Bertz CT molecular complexity index is 1390. The van der Waals surface area contributed by atoms with Gasteiger partial charge in [0.2, 0.25) is 0 Å². The Morgan fingerprint density at radius 2 is 1.95 bits per heavy atom. The van der Waals surface area contributed by atoms with Crippen LogP contribution in [-0.4, -0.2) is 19.5 Å². The standard InChI is InChI=1S/C21H21F3N4OS.C7H9F/c22-21(23,24)16-7-4-8-25-18(16)11-28-19-17(27-14(12-30)10-26-19)9-15(20(28)29)13-5-2-1-3-6-13;1-4-6(2)5-7(3)8/h4,7-10,13,30H,1-3,5-6,11-12H2;4-5H,1,3H2,2H3/b;6-5-. The number of hydrogen-bond donors (Lipinski definition) is 1. The Labute approximate surface area is 224 Å². The van der Waals surface area contributed by atoms with E-state index in [2.05, 4.69) is 40.7 Å². The van der Waals surface area contributed by atoms with Crippen LogP contribution in [-0.2, 0) is 18.5 Å². The number of alkyl halides is 3. The van der Waals surface area contributed by atoms with E-state index >= 15 is 0 Å². The van der Waals surface area contributed by atoms with Crippen LogP contribution in [0.2, 0.25) is 0 Å². The van der Waals surface area contributed by atoms with Crippen LogP contribution in [0.4, 0.5) is 17.6 Å². The summed E-state index contributed by atoms with van der Waals surface area (Å²) in [5.74, 6) is 0.0239. The molecule has 0 aliphatic heterocycles. The van der Waals surface area contributed by atoms with Gasteiger partial charge in [-0.05, 0) is 55.5 Å². The fourth-order valence-electron chi connectivity index (χ4n) is 4.41. The smallest absolute Gasteiger partial charge is 0.285 e. The van der Waals surface area contributed by atoms with Crippen molar-refractivity contribution in [2.24, 2.45) is 0 Å². The van der Waals surface area contributed by atoms with Gasteiger partial charge in [-0.2, -0.15) is 25.8 Å². The Morgan fingerprint density at radius 1 is 1.24 bits per heavy atom. The van der Waals surface area contributed by atoms with Crippen molar-refractivity contribution in [3.8, 4) is 0 Å². The van der Waals surface area contributed by atoms with Gasteiger partial charge >= 0.3 is 6.18 Å². The van der Waals surface area contributed by atoms with E-state index in [0.717, 1.165) is 43.7 Å². The predicted molar refractivity (Wildman–Crippen MR) is 145 cm³/mol. The molecule has 0 atom stereocenters. The fourth-order valence-corrected chi connectivity index (χ4v) is 4.56. The molecule has 202 valence electrons. The van der Waals surface area contributed by atoms with Crippen LogP contribution in [0.15, 0.2) is 72.1 Å². The number of nitrogens with zero attached hydrogens (tertiary/aromatic N) is 4. The zero-order valence-corrected chi connectivity index (χ0v) is 22.0. The molecule has 0 saturated heterocycles. The molecule has 3 aromatic heterocycles. The first kappa shape index (κ1) is 29.3. The molecule has 3 heterocycles. The van der Waals surface area contributed by atoms with Crippen LogP contribution in [0.25, 0.3) is 11.2 Å². The SMILES string of the molecule is C=C/C(C)=C\C(=C)F.O=c1c(C2CCCCC2)cc2nc(CS)cnc2n1Cc1ncccc1C(F)(F)F. The molecule has 10 heteroatoms. The van der Waals surface area contributed by atoms with Crippen molar-refractivity contribution in [2.45, 2.75) is 63.4 Å². The molecule has 5 nitrogen and oxygen atoms in total. The number of fused-ring (bicyclic) bond motifs is 1. The van der Waals surface area contributed by atoms with Crippen LogP contribution in [0.5, 0.6) is 0 Å². The molecule has 38 heavy (non-hydrogen) atoms. The Morgan fingerprint density at radius 3 is 2.53 bits per heavy atom. The Kier molecular flexibility index (Phi) is 10.0. The monoisotopic (exact) mass is 546 g/mol. The number of pyridine rings is 2. The van der Waals surface area contributed by atoms with Crippen LogP contribution in [0.3, 0.4) is 0 Å². The minimum Gasteiger partial charge on any atom is -0.285 e. The van der Waals surface area contributed by atoms with E-state index < -0.39 is 17.6 Å². The van der Waals surface area contributed by atoms with Crippen molar-refractivity contribution in [2.75, 3.05) is 0 Å². The maximum Gasteiger partial charge on any atom is 0.418 e. The van der Waals surface area contributed by atoms with E-state index in [0.29, 0.717) is 22.5 Å². The van der Waals surface area contributed by atoms with Crippen molar-refractivity contribution in [3.05, 3.63) is 100 Å². The number of rotatable bonds is 6. The maximum absolute atomic E-state index is 13.5. The lowest BCUT2D eigenvalue weighted by Crippen LogP contribution is -2.29. The van der Waals surface area contributed by atoms with Gasteiger partial charge in [0.1, 0.15) is 11.3 Å². The molecule has 1 fully saturated rings. The predicted octanol–water partition coefficient (Wildman–Crippen LogP) is 7.33. The first-order chi connectivity index (χ1) is 18.0. The first-order valence-electron chi connectivity index (χ1n) is 12.2. The molecule has 0 amide bonds. The van der Waals surface area contributed by atoms with Gasteiger partial charge in [0.05, 0.1) is 29.7 Å². The van der Waals surface area contributed by atoms with Crippen molar-refractivity contribution < 1.29 is 17.6 Å². The topological polar surface area (TPSA) is 60.7 Å². The van der Waals surface area contributed by atoms with Gasteiger partial charge in [-0.3, -0.25) is 14.3 Å². The third-order valence-corrected chi connectivity index (χ3v) is 6.61. The second kappa shape index (κ2) is 13.0. The van der Waals surface area contributed by atoms with Crippen LogP contribution < -0.4 is 5.56 Å². The number of allylic oxidation sites excluding steroid dienone is 4. The molecule has 0 aromatic carbocycles. The summed E-state index contributed by atoms with van der Waals surface area (Å²) in [6.45, 7) is 7.93. The summed E-state index contributed by atoms with van der Waals surface area (Å²) in [7, 11) is 0. The highest BCUT2D eigenvalue weighted by atomic mass is 32.1. The summed E-state index contributed by atoms with van der Waals surface area (Å²) in [5, 5.41) is 0. The molecular formula is C28H30F4N4OS. The maximum atomic E-state index is 13.5. The summed E-state index contributed by atoms with van der Waals surface area (Å²) in [4.78, 5) is 26.1. The lowest BCUT2D eigenvalue weighted by Gasteiger charge is -2.23. The van der Waals surface area contributed by atoms with E-state index in [1.807, 2.05) is 0 Å². The van der Waals surface area contributed by atoms with Crippen molar-refractivity contribution in [1.82, 2.24) is 19.5 Å². The first-order valence-corrected chi connectivity index (χ1v) is 12.8. The molecule has 0 N–H and O–H groups in total. The van der Waals surface area contributed by atoms with Crippen LogP contribution in [0, 0.1) is 0 Å². The highest BCUT2D eigenvalue weighted by Crippen LogP contribution is 2.33. The van der Waals surface area contributed by atoms with Crippen LogP contribution in [0.1, 0.15) is 67.5 Å². The van der Waals surface area contributed by atoms with Gasteiger partial charge < -0.3 is 0 Å². The molecule has 3 aromatic rings. The summed E-state index contributed by atoms with van der Waals surface area (Å²) in [6.07, 6.45) is 6.10. The quantitative estimate of drug-likeness (QED) is 0.200. The lowest BCUT2D eigenvalue weighted by molar-refractivity contribution is -0.138. The average Bonchev–Trinajstić information content (AvgIpc) is 2.90. The van der Waals surface area contributed by atoms with Crippen LogP contribution >= 0.6 is 12.6 Å². The number of halogens is 4. The van der Waals surface area contributed by atoms with E-state index in [9.17, 15) is 22.4 Å². The van der Waals surface area contributed by atoms with Gasteiger partial charge in [0.25, 0.3) is 5.56 Å². The summed E-state index contributed by atoms with van der Waals surface area (Å²) in [5.41, 5.74) is 1.38. The third kappa shape index (κ3) is 7.40. The number of hydrogen-bond acceptors (Lipinski definition) is 5. The molecule has 1 aliphatic carbocycles. The molecule has 1 saturated carbocycles. The third-order valence-electron chi connectivity index (χ3n) is 6.29. The Balaban J connectivity index is 0.000000436. The number of aromatic nitrogens is 4. The van der Waals surface area contributed by atoms with E-state index in [1.54, 1.807) is 19.1 Å². The van der Waals surface area contributed by atoms with E-state index in [1.165, 1.54) is 29.1 Å². The summed E-state index contributed by atoms with van der Waals surface area (Å²) in [6, 6.07) is 3.98. The molecule has 0 spiro atoms. The highest BCUT2D eigenvalue weighted by molar-refractivity contribution is 7.79. The zero-order chi connectivity index (χ0) is 27.9. The van der Waals surface area contributed by atoms with Gasteiger partial charge in [-0.25, -0.2) is 14.4 Å². The average molecular weight is 547 g/mol. The molecular weight excluding hydrogens is 516 g/mol.